The SMILES string of the molecule is CN(Cc1ccsc1)C(=O)c1sccc1-n1cnnn1. The van der Waals surface area contributed by atoms with Crippen LogP contribution in [0.2, 0.25) is 0 Å². The number of carbonyl (C=O) groups is 1. The Balaban J connectivity index is 1.82. The topological polar surface area (TPSA) is 63.9 Å². The maximum absolute atomic E-state index is 12.5. The average molecular weight is 305 g/mol. The lowest BCUT2D eigenvalue weighted by atomic mass is 10.3. The molecule has 102 valence electrons. The van der Waals surface area contributed by atoms with Gasteiger partial charge in [-0.3, -0.25) is 4.79 Å². The second-order valence-corrected chi connectivity index (χ2v) is 5.88. The Bertz CT molecular complexity index is 689. The van der Waals surface area contributed by atoms with Crippen LogP contribution in [0.3, 0.4) is 0 Å². The van der Waals surface area contributed by atoms with Crippen molar-refractivity contribution in [1.29, 1.82) is 0 Å². The summed E-state index contributed by atoms with van der Waals surface area (Å²) in [5.74, 6) is -0.0308. The molecule has 0 fully saturated rings. The van der Waals surface area contributed by atoms with Gasteiger partial charge >= 0.3 is 0 Å². The Morgan fingerprint density at radius 2 is 2.30 bits per heavy atom. The normalized spacial score (nSPS) is 10.7. The van der Waals surface area contributed by atoms with Crippen LogP contribution in [0, 0.1) is 0 Å². The van der Waals surface area contributed by atoms with Crippen LogP contribution < -0.4 is 0 Å². The minimum atomic E-state index is -0.0308. The molecule has 1 amide bonds. The van der Waals surface area contributed by atoms with E-state index in [4.69, 9.17) is 0 Å². The maximum atomic E-state index is 12.5. The quantitative estimate of drug-likeness (QED) is 0.740. The first kappa shape index (κ1) is 12.9. The van der Waals surface area contributed by atoms with Gasteiger partial charge in [0.2, 0.25) is 0 Å². The molecule has 0 aliphatic heterocycles. The van der Waals surface area contributed by atoms with Crippen LogP contribution >= 0.6 is 22.7 Å². The smallest absolute Gasteiger partial charge is 0.266 e. The molecular formula is C12H11N5OS2. The van der Waals surface area contributed by atoms with Crippen molar-refractivity contribution < 1.29 is 4.79 Å². The average Bonchev–Trinajstić information content (AvgIpc) is 3.18. The molecule has 3 rings (SSSR count). The van der Waals surface area contributed by atoms with E-state index >= 15 is 0 Å². The van der Waals surface area contributed by atoms with E-state index in [1.165, 1.54) is 22.3 Å². The zero-order valence-corrected chi connectivity index (χ0v) is 12.3. The van der Waals surface area contributed by atoms with E-state index in [1.54, 1.807) is 23.3 Å². The summed E-state index contributed by atoms with van der Waals surface area (Å²) in [6.07, 6.45) is 1.48. The Labute approximate surface area is 123 Å². The van der Waals surface area contributed by atoms with Crippen molar-refractivity contribution in [2.45, 2.75) is 6.54 Å². The summed E-state index contributed by atoms with van der Waals surface area (Å²) >= 11 is 3.02. The fourth-order valence-corrected chi connectivity index (χ4v) is 3.35. The molecule has 3 aromatic heterocycles. The number of tetrazole rings is 1. The molecule has 0 unspecified atom stereocenters. The third-order valence-electron chi connectivity index (χ3n) is 2.78. The number of amides is 1. The van der Waals surface area contributed by atoms with Crippen LogP contribution in [0.25, 0.3) is 5.69 Å². The van der Waals surface area contributed by atoms with E-state index in [2.05, 4.69) is 15.5 Å². The van der Waals surface area contributed by atoms with Crippen molar-refractivity contribution >= 4 is 28.6 Å². The van der Waals surface area contributed by atoms with Crippen molar-refractivity contribution in [3.8, 4) is 5.69 Å². The van der Waals surface area contributed by atoms with Gasteiger partial charge in [-0.2, -0.15) is 16.0 Å². The number of rotatable bonds is 4. The molecule has 0 saturated heterocycles. The van der Waals surface area contributed by atoms with Crippen LogP contribution in [0.4, 0.5) is 0 Å². The van der Waals surface area contributed by atoms with Crippen LogP contribution in [0.15, 0.2) is 34.6 Å². The summed E-state index contributed by atoms with van der Waals surface area (Å²) in [7, 11) is 1.79. The van der Waals surface area contributed by atoms with Gasteiger partial charge < -0.3 is 4.90 Å². The van der Waals surface area contributed by atoms with Gasteiger partial charge in [-0.25, -0.2) is 0 Å². The minimum Gasteiger partial charge on any atom is -0.337 e. The highest BCUT2D eigenvalue weighted by Gasteiger charge is 2.19. The Morgan fingerprint density at radius 1 is 1.40 bits per heavy atom. The zero-order valence-electron chi connectivity index (χ0n) is 10.6. The van der Waals surface area contributed by atoms with E-state index in [1.807, 2.05) is 28.3 Å². The van der Waals surface area contributed by atoms with Crippen molar-refractivity contribution in [2.75, 3.05) is 7.05 Å². The van der Waals surface area contributed by atoms with Crippen molar-refractivity contribution in [3.63, 3.8) is 0 Å². The molecule has 0 aromatic carbocycles. The predicted octanol–water partition coefficient (Wildman–Crippen LogP) is 2.06. The van der Waals surface area contributed by atoms with E-state index in [0.717, 1.165) is 5.56 Å². The summed E-state index contributed by atoms with van der Waals surface area (Å²) in [6, 6.07) is 3.86. The summed E-state index contributed by atoms with van der Waals surface area (Å²) in [5, 5.41) is 16.9. The fourth-order valence-electron chi connectivity index (χ4n) is 1.82. The highest BCUT2D eigenvalue weighted by Crippen LogP contribution is 2.22. The summed E-state index contributed by atoms with van der Waals surface area (Å²) in [6.45, 7) is 0.593. The van der Waals surface area contributed by atoms with E-state index in [0.29, 0.717) is 17.1 Å². The molecule has 8 heteroatoms. The lowest BCUT2D eigenvalue weighted by Gasteiger charge is -2.16. The zero-order chi connectivity index (χ0) is 13.9. The number of nitrogens with zero attached hydrogens (tertiary/aromatic N) is 5. The van der Waals surface area contributed by atoms with Crippen molar-refractivity contribution in [1.82, 2.24) is 25.1 Å². The van der Waals surface area contributed by atoms with Crippen LogP contribution in [-0.4, -0.2) is 38.1 Å². The Morgan fingerprint density at radius 3 is 3.00 bits per heavy atom. The highest BCUT2D eigenvalue weighted by molar-refractivity contribution is 7.12. The highest BCUT2D eigenvalue weighted by atomic mass is 32.1. The lowest BCUT2D eigenvalue weighted by Crippen LogP contribution is -2.26. The first-order chi connectivity index (χ1) is 9.75. The molecule has 3 heterocycles. The van der Waals surface area contributed by atoms with Gasteiger partial charge in [0, 0.05) is 13.6 Å². The number of hydrogen-bond donors (Lipinski definition) is 0. The lowest BCUT2D eigenvalue weighted by molar-refractivity contribution is 0.0790. The molecular weight excluding hydrogens is 294 g/mol. The molecule has 0 N–H and O–H groups in total. The first-order valence-electron chi connectivity index (χ1n) is 5.83. The van der Waals surface area contributed by atoms with Gasteiger partial charge in [-0.15, -0.1) is 16.4 Å². The third kappa shape index (κ3) is 2.47. The van der Waals surface area contributed by atoms with E-state index < -0.39 is 0 Å². The molecule has 0 radical (unpaired) electrons. The Hall–Kier alpha value is -2.06. The standard InChI is InChI=1S/C12H11N5OS2/c1-16(6-9-2-4-19-7-9)12(18)11-10(3-5-20-11)17-8-13-14-15-17/h2-5,7-8H,6H2,1H3. The van der Waals surface area contributed by atoms with Crippen LogP contribution in [-0.2, 0) is 6.54 Å². The number of aromatic nitrogens is 4. The molecule has 3 aromatic rings. The molecule has 0 bridgehead atoms. The molecule has 0 atom stereocenters. The number of thiophene rings is 2. The second-order valence-electron chi connectivity index (χ2n) is 4.18. The van der Waals surface area contributed by atoms with E-state index in [9.17, 15) is 4.79 Å². The first-order valence-corrected chi connectivity index (χ1v) is 7.65. The monoisotopic (exact) mass is 305 g/mol. The summed E-state index contributed by atoms with van der Waals surface area (Å²) in [4.78, 5) is 14.8. The van der Waals surface area contributed by atoms with Gasteiger partial charge in [0.05, 0.1) is 5.69 Å². The number of hydrogen-bond acceptors (Lipinski definition) is 6. The van der Waals surface area contributed by atoms with E-state index in [-0.39, 0.29) is 5.91 Å². The third-order valence-corrected chi connectivity index (χ3v) is 4.40. The fraction of sp³-hybridized carbons (Fsp3) is 0.167. The van der Waals surface area contributed by atoms with Gasteiger partial charge in [0.15, 0.2) is 0 Å². The summed E-state index contributed by atoms with van der Waals surface area (Å²) < 4.78 is 1.50. The molecule has 0 saturated carbocycles. The van der Waals surface area contributed by atoms with Gasteiger partial charge in [-0.05, 0) is 44.3 Å². The minimum absolute atomic E-state index is 0.0308. The number of carbonyl (C=O) groups excluding carboxylic acids is 1. The second kappa shape index (κ2) is 5.51. The van der Waals surface area contributed by atoms with Gasteiger partial charge in [0.1, 0.15) is 11.2 Å². The van der Waals surface area contributed by atoms with Crippen LogP contribution in [0.5, 0.6) is 0 Å². The molecule has 6 nitrogen and oxygen atoms in total. The largest absolute Gasteiger partial charge is 0.337 e. The van der Waals surface area contributed by atoms with Crippen LogP contribution in [0.1, 0.15) is 15.2 Å². The van der Waals surface area contributed by atoms with Crippen molar-refractivity contribution in [3.05, 3.63) is 45.0 Å². The molecule has 20 heavy (non-hydrogen) atoms. The molecule has 0 spiro atoms. The van der Waals surface area contributed by atoms with Gasteiger partial charge in [-0.1, -0.05) is 0 Å². The summed E-state index contributed by atoms with van der Waals surface area (Å²) in [5.41, 5.74) is 1.84. The molecule has 0 aliphatic rings. The molecule has 0 aliphatic carbocycles. The predicted molar refractivity (Wildman–Crippen MR) is 77.1 cm³/mol. The van der Waals surface area contributed by atoms with Gasteiger partial charge in [0.25, 0.3) is 5.91 Å². The maximum Gasteiger partial charge on any atom is 0.266 e. The van der Waals surface area contributed by atoms with Crippen molar-refractivity contribution in [2.24, 2.45) is 0 Å². The Kier molecular flexibility index (Phi) is 3.57.